The third kappa shape index (κ3) is 27.0. The second kappa shape index (κ2) is 22.2. The number of ether oxygens (including phenoxy) is 7. The SMILES string of the molecule is CC(C)(C)OC(=O)NCCCCOCCOCCOCCOCCOCCOCCN. The molecule has 186 valence electrons. The van der Waals surface area contributed by atoms with Gasteiger partial charge in [0.05, 0.1) is 72.7 Å². The maximum absolute atomic E-state index is 11.5. The number of hydrogen-bond acceptors (Lipinski definition) is 9. The number of alkyl carbamates (subject to hydrolysis) is 1. The van der Waals surface area contributed by atoms with Gasteiger partial charge in [-0.05, 0) is 33.6 Å². The zero-order valence-corrected chi connectivity index (χ0v) is 19.7. The van der Waals surface area contributed by atoms with Crippen molar-refractivity contribution in [3.8, 4) is 0 Å². The summed E-state index contributed by atoms with van der Waals surface area (Å²) in [5.74, 6) is 0. The third-order valence-electron chi connectivity index (χ3n) is 3.51. The van der Waals surface area contributed by atoms with E-state index >= 15 is 0 Å². The molecule has 31 heavy (non-hydrogen) atoms. The Balaban J connectivity index is 3.10. The maximum Gasteiger partial charge on any atom is 0.407 e. The van der Waals surface area contributed by atoms with Gasteiger partial charge in [0, 0.05) is 19.7 Å². The van der Waals surface area contributed by atoms with Crippen molar-refractivity contribution in [2.24, 2.45) is 5.73 Å². The molecule has 0 saturated carbocycles. The zero-order chi connectivity index (χ0) is 23.0. The monoisotopic (exact) mass is 452 g/mol. The van der Waals surface area contributed by atoms with Gasteiger partial charge in [-0.2, -0.15) is 0 Å². The lowest BCUT2D eigenvalue weighted by atomic mass is 10.2. The molecule has 0 aliphatic carbocycles. The van der Waals surface area contributed by atoms with Crippen LogP contribution in [0.3, 0.4) is 0 Å². The average molecular weight is 453 g/mol. The van der Waals surface area contributed by atoms with Crippen molar-refractivity contribution in [3.05, 3.63) is 0 Å². The minimum Gasteiger partial charge on any atom is -0.444 e. The van der Waals surface area contributed by atoms with Crippen molar-refractivity contribution < 1.29 is 38.0 Å². The first-order chi connectivity index (χ1) is 15.0. The Kier molecular flexibility index (Phi) is 21.5. The van der Waals surface area contributed by atoms with Crippen molar-refractivity contribution in [1.82, 2.24) is 5.32 Å². The van der Waals surface area contributed by atoms with E-state index in [4.69, 9.17) is 38.9 Å². The van der Waals surface area contributed by atoms with Crippen molar-refractivity contribution in [2.75, 3.05) is 92.4 Å². The van der Waals surface area contributed by atoms with Crippen LogP contribution in [0.25, 0.3) is 0 Å². The lowest BCUT2D eigenvalue weighted by molar-refractivity contribution is -0.0165. The molecule has 0 aromatic heterocycles. The van der Waals surface area contributed by atoms with Crippen LogP contribution in [0.1, 0.15) is 33.6 Å². The molecule has 0 aromatic carbocycles. The Labute approximate surface area is 187 Å². The summed E-state index contributed by atoms with van der Waals surface area (Å²) in [6.45, 7) is 13.2. The molecule has 0 bridgehead atoms. The van der Waals surface area contributed by atoms with E-state index < -0.39 is 5.60 Å². The standard InChI is InChI=1S/C21H44N2O8/c1-21(2,3)31-20(24)23-7-4-5-8-25-10-12-27-14-16-29-18-19-30-17-15-28-13-11-26-9-6-22/h4-19,22H2,1-3H3,(H,23,24). The molecule has 0 aromatic rings. The number of rotatable bonds is 22. The Bertz CT molecular complexity index is 394. The van der Waals surface area contributed by atoms with Crippen LogP contribution < -0.4 is 11.1 Å². The van der Waals surface area contributed by atoms with Crippen LogP contribution in [-0.4, -0.2) is 104 Å². The molecule has 0 aliphatic rings. The van der Waals surface area contributed by atoms with Crippen LogP contribution in [-0.2, 0) is 33.2 Å². The lowest BCUT2D eigenvalue weighted by Crippen LogP contribution is -2.33. The average Bonchev–Trinajstić information content (AvgIpc) is 2.70. The molecule has 0 heterocycles. The predicted molar refractivity (Wildman–Crippen MR) is 117 cm³/mol. The van der Waals surface area contributed by atoms with Crippen molar-refractivity contribution in [2.45, 2.75) is 39.2 Å². The van der Waals surface area contributed by atoms with E-state index in [1.165, 1.54) is 0 Å². The molecule has 10 heteroatoms. The van der Waals surface area contributed by atoms with E-state index in [1.807, 2.05) is 20.8 Å². The summed E-state index contributed by atoms with van der Waals surface area (Å²) in [6, 6.07) is 0. The summed E-state index contributed by atoms with van der Waals surface area (Å²) in [4.78, 5) is 11.5. The normalized spacial score (nSPS) is 11.6. The number of hydrogen-bond donors (Lipinski definition) is 2. The second-order valence-electron chi connectivity index (χ2n) is 7.60. The lowest BCUT2D eigenvalue weighted by Gasteiger charge is -2.19. The van der Waals surface area contributed by atoms with Crippen molar-refractivity contribution in [3.63, 3.8) is 0 Å². The van der Waals surface area contributed by atoms with Gasteiger partial charge in [-0.1, -0.05) is 0 Å². The van der Waals surface area contributed by atoms with Gasteiger partial charge in [-0.25, -0.2) is 4.79 Å². The third-order valence-corrected chi connectivity index (χ3v) is 3.51. The number of nitrogens with one attached hydrogen (secondary N) is 1. The molecule has 0 radical (unpaired) electrons. The maximum atomic E-state index is 11.5. The first-order valence-electron chi connectivity index (χ1n) is 11.1. The molecule has 1 amide bonds. The van der Waals surface area contributed by atoms with E-state index in [2.05, 4.69) is 5.32 Å². The molecule has 0 atom stereocenters. The molecular weight excluding hydrogens is 408 g/mol. The summed E-state index contributed by atoms with van der Waals surface area (Å²) in [5.41, 5.74) is 4.84. The van der Waals surface area contributed by atoms with Crippen molar-refractivity contribution in [1.29, 1.82) is 0 Å². The molecule has 0 saturated heterocycles. The molecule has 0 spiro atoms. The fourth-order valence-corrected chi connectivity index (χ4v) is 2.12. The molecule has 0 aliphatic heterocycles. The van der Waals surface area contributed by atoms with E-state index in [1.54, 1.807) is 0 Å². The van der Waals surface area contributed by atoms with Gasteiger partial charge in [-0.15, -0.1) is 0 Å². The number of nitrogens with two attached hydrogens (primary N) is 1. The number of carbonyl (C=O) groups is 1. The minimum atomic E-state index is -0.470. The number of amides is 1. The van der Waals surface area contributed by atoms with Crippen LogP contribution in [0, 0.1) is 0 Å². The quantitative estimate of drug-likeness (QED) is 0.235. The van der Waals surface area contributed by atoms with Gasteiger partial charge in [-0.3, -0.25) is 0 Å². The molecule has 10 nitrogen and oxygen atoms in total. The van der Waals surface area contributed by atoms with E-state index in [0.717, 1.165) is 12.8 Å². The minimum absolute atomic E-state index is 0.384. The predicted octanol–water partition coefficient (Wildman–Crippen LogP) is 1.35. The fraction of sp³-hybridized carbons (Fsp3) is 0.952. The summed E-state index contributed by atoms with van der Waals surface area (Å²) in [6.07, 6.45) is 1.32. The first-order valence-corrected chi connectivity index (χ1v) is 11.1. The van der Waals surface area contributed by atoms with Crippen LogP contribution in [0.5, 0.6) is 0 Å². The van der Waals surface area contributed by atoms with E-state index in [-0.39, 0.29) is 6.09 Å². The van der Waals surface area contributed by atoms with Gasteiger partial charge in [0.2, 0.25) is 0 Å². The van der Waals surface area contributed by atoms with E-state index in [0.29, 0.717) is 92.4 Å². The van der Waals surface area contributed by atoms with Crippen LogP contribution in [0.2, 0.25) is 0 Å². The topological polar surface area (TPSA) is 120 Å². The Hall–Kier alpha value is -1.01. The molecule has 0 unspecified atom stereocenters. The van der Waals surface area contributed by atoms with Gasteiger partial charge < -0.3 is 44.2 Å². The summed E-state index contributed by atoms with van der Waals surface area (Å²) >= 11 is 0. The van der Waals surface area contributed by atoms with Gasteiger partial charge in [0.15, 0.2) is 0 Å². The highest BCUT2D eigenvalue weighted by atomic mass is 16.6. The zero-order valence-electron chi connectivity index (χ0n) is 19.7. The van der Waals surface area contributed by atoms with Crippen LogP contribution in [0.15, 0.2) is 0 Å². The first kappa shape index (κ1) is 30.0. The number of carbonyl (C=O) groups excluding carboxylic acids is 1. The van der Waals surface area contributed by atoms with Gasteiger partial charge in [0.1, 0.15) is 5.60 Å². The van der Waals surface area contributed by atoms with Crippen LogP contribution >= 0.6 is 0 Å². The smallest absolute Gasteiger partial charge is 0.407 e. The highest BCUT2D eigenvalue weighted by Gasteiger charge is 2.15. The second-order valence-corrected chi connectivity index (χ2v) is 7.60. The van der Waals surface area contributed by atoms with E-state index in [9.17, 15) is 4.79 Å². The van der Waals surface area contributed by atoms with Crippen molar-refractivity contribution >= 4 is 6.09 Å². The summed E-state index contributed by atoms with van der Waals surface area (Å²) < 4.78 is 37.4. The van der Waals surface area contributed by atoms with Gasteiger partial charge >= 0.3 is 6.09 Å². The Morgan fingerprint density at radius 1 is 0.645 bits per heavy atom. The van der Waals surface area contributed by atoms with Crippen LogP contribution in [0.4, 0.5) is 4.79 Å². The Morgan fingerprint density at radius 2 is 1.03 bits per heavy atom. The fourth-order valence-electron chi connectivity index (χ4n) is 2.12. The number of unbranched alkanes of at least 4 members (excludes halogenated alkanes) is 1. The molecule has 0 fully saturated rings. The molecular formula is C21H44N2O8. The van der Waals surface area contributed by atoms with Gasteiger partial charge in [0.25, 0.3) is 0 Å². The highest BCUT2D eigenvalue weighted by molar-refractivity contribution is 5.67. The molecule has 0 rings (SSSR count). The highest BCUT2D eigenvalue weighted by Crippen LogP contribution is 2.06. The molecule has 3 N–H and O–H groups in total. The summed E-state index contributed by atoms with van der Waals surface area (Å²) in [5, 5.41) is 2.72. The summed E-state index contributed by atoms with van der Waals surface area (Å²) in [7, 11) is 0. The Morgan fingerprint density at radius 3 is 1.42 bits per heavy atom. The largest absolute Gasteiger partial charge is 0.444 e.